The summed E-state index contributed by atoms with van der Waals surface area (Å²) in [6.45, 7) is 2.78. The minimum Gasteiger partial charge on any atom is -0.497 e. The van der Waals surface area contributed by atoms with Crippen LogP contribution in [0.1, 0.15) is 10.4 Å². The molecule has 0 unspecified atom stereocenters. The van der Waals surface area contributed by atoms with E-state index in [0.717, 1.165) is 11.3 Å². The first-order valence-corrected chi connectivity index (χ1v) is 9.35. The van der Waals surface area contributed by atoms with E-state index < -0.39 is 0 Å². The molecule has 0 radical (unpaired) electrons. The molecule has 26 heavy (non-hydrogen) atoms. The zero-order valence-corrected chi connectivity index (χ0v) is 16.5. The summed E-state index contributed by atoms with van der Waals surface area (Å²) in [5.74, 6) is 1.37. The lowest BCUT2D eigenvalue weighted by Crippen LogP contribution is -2.30. The van der Waals surface area contributed by atoms with Gasteiger partial charge in [-0.3, -0.25) is 14.5 Å². The third-order valence-electron chi connectivity index (χ3n) is 4.17. The summed E-state index contributed by atoms with van der Waals surface area (Å²) >= 11 is 6.97. The highest BCUT2D eigenvalue weighted by Crippen LogP contribution is 2.21. The van der Waals surface area contributed by atoms with E-state index in [0.29, 0.717) is 17.1 Å². The lowest BCUT2D eigenvalue weighted by molar-refractivity contribution is -0.131. The number of amides is 1. The van der Waals surface area contributed by atoms with Crippen LogP contribution in [0, 0.1) is 11.7 Å². The Morgan fingerprint density at radius 1 is 1.35 bits per heavy atom. The average molecular weight is 389 g/mol. The van der Waals surface area contributed by atoms with Gasteiger partial charge in [0.2, 0.25) is 5.91 Å². The fourth-order valence-electron chi connectivity index (χ4n) is 2.55. The van der Waals surface area contributed by atoms with Gasteiger partial charge in [0.1, 0.15) is 12.3 Å². The molecule has 3 aromatic rings. The Morgan fingerprint density at radius 3 is 2.69 bits per heavy atom. The smallest absolute Gasteiger partial charge is 0.242 e. The van der Waals surface area contributed by atoms with Gasteiger partial charge in [-0.1, -0.05) is 0 Å². The van der Waals surface area contributed by atoms with Crippen molar-refractivity contribution in [3.05, 3.63) is 50.9 Å². The fraction of sp³-hybridized carbons (Fsp3) is 0.278. The van der Waals surface area contributed by atoms with Crippen molar-refractivity contribution >= 4 is 29.5 Å². The summed E-state index contributed by atoms with van der Waals surface area (Å²) in [6.07, 6.45) is 0. The maximum absolute atomic E-state index is 12.7. The van der Waals surface area contributed by atoms with E-state index in [9.17, 15) is 4.79 Å². The molecule has 0 saturated carbocycles. The highest BCUT2D eigenvalue weighted by Gasteiger charge is 2.16. The molecule has 0 spiro atoms. The first kappa shape index (κ1) is 18.3. The van der Waals surface area contributed by atoms with Crippen LogP contribution in [-0.4, -0.2) is 39.7 Å². The monoisotopic (exact) mass is 388 g/mol. The molecule has 3 rings (SSSR count). The number of nitrogens with one attached hydrogen (secondary N) is 1. The van der Waals surface area contributed by atoms with Crippen molar-refractivity contribution in [1.82, 2.24) is 19.7 Å². The number of methoxy groups -OCH3 is 1. The van der Waals surface area contributed by atoms with E-state index in [-0.39, 0.29) is 12.5 Å². The molecule has 8 heteroatoms. The number of aromatic amines is 1. The minimum atomic E-state index is -0.0231. The van der Waals surface area contributed by atoms with Gasteiger partial charge in [-0.25, -0.2) is 0 Å². The first-order chi connectivity index (χ1) is 12.5. The van der Waals surface area contributed by atoms with Gasteiger partial charge in [0.05, 0.1) is 13.7 Å². The van der Waals surface area contributed by atoms with Gasteiger partial charge >= 0.3 is 0 Å². The molecule has 1 N–H and O–H groups in total. The number of aromatic nitrogens is 3. The summed E-state index contributed by atoms with van der Waals surface area (Å²) in [6, 6.07) is 9.55. The lowest BCUT2D eigenvalue weighted by Gasteiger charge is -2.18. The normalized spacial score (nSPS) is 10.7. The number of aryl methyl sites for hydroxylation is 1. The molecule has 0 aliphatic heterocycles. The van der Waals surface area contributed by atoms with Gasteiger partial charge in [-0.15, -0.1) is 11.3 Å². The molecule has 6 nitrogen and oxygen atoms in total. The second-order valence-electron chi connectivity index (χ2n) is 5.94. The van der Waals surface area contributed by atoms with Crippen molar-refractivity contribution in [2.24, 2.45) is 0 Å². The number of ether oxygens (including phenoxy) is 1. The van der Waals surface area contributed by atoms with E-state index >= 15 is 0 Å². The summed E-state index contributed by atoms with van der Waals surface area (Å²) in [7, 11) is 3.42. The Labute approximate surface area is 161 Å². The zero-order valence-electron chi connectivity index (χ0n) is 14.9. The topological polar surface area (TPSA) is 63.1 Å². The van der Waals surface area contributed by atoms with E-state index in [1.807, 2.05) is 29.6 Å². The summed E-state index contributed by atoms with van der Waals surface area (Å²) in [5, 5.41) is 9.10. The van der Waals surface area contributed by atoms with Gasteiger partial charge in [-0.2, -0.15) is 5.10 Å². The van der Waals surface area contributed by atoms with Crippen molar-refractivity contribution in [3.8, 4) is 17.1 Å². The number of benzene rings is 1. The number of carbonyl (C=O) groups excluding carboxylic acids is 1. The molecule has 0 fully saturated rings. The Kier molecular flexibility index (Phi) is 5.53. The number of rotatable bonds is 6. The maximum Gasteiger partial charge on any atom is 0.242 e. The molecule has 136 valence electrons. The van der Waals surface area contributed by atoms with Crippen LogP contribution >= 0.6 is 23.6 Å². The van der Waals surface area contributed by atoms with E-state index in [4.69, 9.17) is 17.0 Å². The molecular formula is C18H20N4O2S2. The quantitative estimate of drug-likeness (QED) is 0.655. The van der Waals surface area contributed by atoms with Crippen LogP contribution in [0.25, 0.3) is 11.4 Å². The van der Waals surface area contributed by atoms with Gasteiger partial charge in [-0.05, 0) is 60.4 Å². The van der Waals surface area contributed by atoms with Crippen LogP contribution in [0.2, 0.25) is 0 Å². The highest BCUT2D eigenvalue weighted by molar-refractivity contribution is 7.71. The van der Waals surface area contributed by atoms with Crippen LogP contribution in [0.4, 0.5) is 0 Å². The van der Waals surface area contributed by atoms with Gasteiger partial charge in [0.25, 0.3) is 0 Å². The first-order valence-electron chi connectivity index (χ1n) is 8.06. The summed E-state index contributed by atoms with van der Waals surface area (Å²) < 4.78 is 7.32. The molecule has 0 aliphatic carbocycles. The van der Waals surface area contributed by atoms with Gasteiger partial charge in [0, 0.05) is 17.5 Å². The number of carbonyl (C=O) groups is 1. The lowest BCUT2D eigenvalue weighted by atomic mass is 10.2. The number of nitrogens with zero attached hydrogens (tertiary/aromatic N) is 3. The summed E-state index contributed by atoms with van der Waals surface area (Å²) in [4.78, 5) is 15.6. The Bertz CT molecular complexity index is 956. The van der Waals surface area contributed by atoms with Crippen molar-refractivity contribution in [2.45, 2.75) is 20.0 Å². The van der Waals surface area contributed by atoms with Crippen LogP contribution in [-0.2, 0) is 17.9 Å². The molecule has 2 heterocycles. The maximum atomic E-state index is 12.7. The third kappa shape index (κ3) is 3.86. The molecule has 0 atom stereocenters. The Morgan fingerprint density at radius 2 is 2.08 bits per heavy atom. The van der Waals surface area contributed by atoms with Crippen LogP contribution < -0.4 is 4.74 Å². The Hall–Kier alpha value is -2.45. The molecule has 1 amide bonds. The zero-order chi connectivity index (χ0) is 18.7. The third-order valence-corrected chi connectivity index (χ3v) is 5.49. The second kappa shape index (κ2) is 7.84. The highest BCUT2D eigenvalue weighted by atomic mass is 32.1. The number of thiophene rings is 1. The second-order valence-corrected chi connectivity index (χ2v) is 7.33. The summed E-state index contributed by atoms with van der Waals surface area (Å²) in [5.41, 5.74) is 2.07. The Balaban J connectivity index is 1.79. The average Bonchev–Trinajstić information content (AvgIpc) is 3.21. The van der Waals surface area contributed by atoms with Gasteiger partial charge in [0.15, 0.2) is 10.6 Å². The predicted octanol–water partition coefficient (Wildman–Crippen LogP) is 3.64. The minimum absolute atomic E-state index is 0.0231. The number of H-pyrrole nitrogens is 1. The van der Waals surface area contributed by atoms with Crippen molar-refractivity contribution in [1.29, 1.82) is 0 Å². The number of hydrogen-bond donors (Lipinski definition) is 1. The molecule has 1 aromatic carbocycles. The van der Waals surface area contributed by atoms with Crippen molar-refractivity contribution in [2.75, 3.05) is 14.2 Å². The van der Waals surface area contributed by atoms with E-state index in [1.54, 1.807) is 35.0 Å². The van der Waals surface area contributed by atoms with Gasteiger partial charge < -0.3 is 9.64 Å². The van der Waals surface area contributed by atoms with E-state index in [2.05, 4.69) is 23.2 Å². The van der Waals surface area contributed by atoms with Crippen LogP contribution in [0.15, 0.2) is 35.7 Å². The largest absolute Gasteiger partial charge is 0.497 e. The van der Waals surface area contributed by atoms with E-state index in [1.165, 1.54) is 10.4 Å². The van der Waals surface area contributed by atoms with Crippen molar-refractivity contribution < 1.29 is 9.53 Å². The fourth-order valence-corrected chi connectivity index (χ4v) is 3.71. The molecule has 0 aliphatic rings. The molecular weight excluding hydrogens is 368 g/mol. The number of hydrogen-bond acceptors (Lipinski definition) is 5. The predicted molar refractivity (Wildman–Crippen MR) is 105 cm³/mol. The standard InChI is InChI=1S/C18H20N4O2S2/c1-12-8-9-26-15(12)10-21(2)16(23)11-22-17(19-20-18(22)25)13-4-6-14(24-3)7-5-13/h4-9H,10-11H2,1-3H3,(H,20,25). The number of likely N-dealkylation sites (N-methyl/N-ethyl adjacent to an activating group) is 1. The molecule has 2 aromatic heterocycles. The van der Waals surface area contributed by atoms with Crippen molar-refractivity contribution in [3.63, 3.8) is 0 Å². The molecule has 0 saturated heterocycles. The molecule has 0 bridgehead atoms. The SMILES string of the molecule is COc1ccc(-c2n[nH]c(=S)n2CC(=O)N(C)Cc2sccc2C)cc1. The van der Waals surface area contributed by atoms with Crippen LogP contribution in [0.3, 0.4) is 0 Å². The van der Waals surface area contributed by atoms with Crippen LogP contribution in [0.5, 0.6) is 5.75 Å².